The van der Waals surface area contributed by atoms with Crippen LogP contribution in [0.25, 0.3) is 0 Å². The summed E-state index contributed by atoms with van der Waals surface area (Å²) in [7, 11) is 16.5. The number of hydrogen-bond donors (Lipinski definition) is 0. The Kier molecular flexibility index (Phi) is 1.76. The lowest BCUT2D eigenvalue weighted by molar-refractivity contribution is 1.63. The third-order valence-corrected chi connectivity index (χ3v) is 2.22. The Morgan fingerprint density at radius 1 is 1.11 bits per heavy atom. The molecule has 0 N–H and O–H groups in total. The van der Waals surface area contributed by atoms with E-state index in [1.807, 2.05) is 6.92 Å². The molecule has 0 nitrogen and oxygen atoms in total. The smallest absolute Gasteiger partial charge is 0.129 e. The fourth-order valence-electron chi connectivity index (χ4n) is 0.568. The lowest BCUT2D eigenvalue weighted by Gasteiger charge is -1.90. The Morgan fingerprint density at radius 2 is 1.67 bits per heavy atom. The highest BCUT2D eigenvalue weighted by Crippen LogP contribution is 1.90. The molecule has 0 bridgehead atoms. The predicted molar refractivity (Wildman–Crippen MR) is 45.2 cm³/mol. The maximum absolute atomic E-state index is 5.51. The van der Waals surface area contributed by atoms with Crippen LogP contribution in [0.5, 0.6) is 0 Å². The second-order valence-corrected chi connectivity index (χ2v) is 2.95. The van der Waals surface area contributed by atoms with Crippen molar-refractivity contribution in [1.29, 1.82) is 0 Å². The summed E-state index contributed by atoms with van der Waals surface area (Å²) in [5.74, 6) is 0. The van der Waals surface area contributed by atoms with Crippen LogP contribution in [0.1, 0.15) is 5.56 Å². The van der Waals surface area contributed by atoms with Gasteiger partial charge in [0.25, 0.3) is 0 Å². The molecule has 0 aliphatic rings. The van der Waals surface area contributed by atoms with Crippen LogP contribution in [0.15, 0.2) is 0 Å². The van der Waals surface area contributed by atoms with E-state index in [-0.39, 0.29) is 0 Å². The molecule has 38 valence electrons. The summed E-state index contributed by atoms with van der Waals surface area (Å²) in [5, 5.41) is 0. The molecule has 1 heterocycles. The van der Waals surface area contributed by atoms with Crippen LogP contribution in [-0.4, -0.2) is 23.5 Å². The molecule has 0 fully saturated rings. The molecule has 9 heavy (non-hydrogen) atoms. The first-order valence-corrected chi connectivity index (χ1v) is 3.34. The monoisotopic (exact) mass is 128 g/mol. The van der Waals surface area contributed by atoms with Gasteiger partial charge in [-0.2, -0.15) is 11.3 Å². The zero-order valence-corrected chi connectivity index (χ0v) is 5.96. The van der Waals surface area contributed by atoms with Gasteiger partial charge in [-0.3, -0.25) is 0 Å². The van der Waals surface area contributed by atoms with E-state index in [9.17, 15) is 0 Å². The highest BCUT2D eigenvalue weighted by Gasteiger charge is 2.00. The molecule has 0 amide bonds. The Bertz CT molecular complexity index is 206. The average Bonchev–Trinajstić information content (AvgIpc) is 1.98. The molecular weight excluding hydrogens is 125 g/mol. The first-order chi connectivity index (χ1) is 4.13. The van der Waals surface area contributed by atoms with Crippen LogP contribution in [-0.2, 0) is 0 Å². The standard InChI is InChI=1S/C5H3B3S/c1-2-3(6)5(8)9-4(2)7/h1H3. The maximum Gasteiger partial charge on any atom is 0.129 e. The Balaban J connectivity index is 3.29. The SMILES string of the molecule is [B]c1sc([B])c(C)c1[B]. The first kappa shape index (κ1) is 7.01. The average molecular weight is 128 g/mol. The van der Waals surface area contributed by atoms with Gasteiger partial charge in [0.15, 0.2) is 0 Å². The van der Waals surface area contributed by atoms with E-state index in [0.717, 1.165) is 5.56 Å². The summed E-state index contributed by atoms with van der Waals surface area (Å²) in [5.41, 5.74) is 1.52. The summed E-state index contributed by atoms with van der Waals surface area (Å²) in [6, 6.07) is 0. The summed E-state index contributed by atoms with van der Waals surface area (Å²) in [4.78, 5) is 0. The van der Waals surface area contributed by atoms with Crippen molar-refractivity contribution in [3.63, 3.8) is 0 Å². The minimum Gasteiger partial charge on any atom is -0.169 e. The van der Waals surface area contributed by atoms with E-state index < -0.39 is 0 Å². The second kappa shape index (κ2) is 2.26. The zero-order valence-electron chi connectivity index (χ0n) is 5.14. The molecular formula is C5H3B3S. The minimum absolute atomic E-state index is 0.616. The fourth-order valence-corrected chi connectivity index (χ4v) is 1.33. The van der Waals surface area contributed by atoms with Gasteiger partial charge in [-0.05, 0) is 11.7 Å². The van der Waals surface area contributed by atoms with Crippen molar-refractivity contribution >= 4 is 49.9 Å². The van der Waals surface area contributed by atoms with E-state index in [2.05, 4.69) is 0 Å². The fraction of sp³-hybridized carbons (Fsp3) is 0.200. The van der Waals surface area contributed by atoms with E-state index in [0.29, 0.717) is 15.0 Å². The summed E-state index contributed by atoms with van der Waals surface area (Å²) < 4.78 is 1.33. The molecule has 1 aromatic heterocycles. The van der Waals surface area contributed by atoms with Crippen LogP contribution in [0.3, 0.4) is 0 Å². The molecule has 0 aliphatic carbocycles. The van der Waals surface area contributed by atoms with Gasteiger partial charge in [0.1, 0.15) is 23.5 Å². The quantitative estimate of drug-likeness (QED) is 0.370. The maximum atomic E-state index is 5.51. The molecule has 1 aromatic rings. The molecule has 6 radical (unpaired) electrons. The number of thiophene rings is 1. The second-order valence-electron chi connectivity index (χ2n) is 1.87. The first-order valence-electron chi connectivity index (χ1n) is 2.52. The highest BCUT2D eigenvalue weighted by molar-refractivity contribution is 7.28. The van der Waals surface area contributed by atoms with Crippen LogP contribution in [0.4, 0.5) is 0 Å². The van der Waals surface area contributed by atoms with Crippen molar-refractivity contribution in [2.75, 3.05) is 0 Å². The minimum atomic E-state index is 0.616. The zero-order chi connectivity index (χ0) is 7.02. The van der Waals surface area contributed by atoms with Crippen molar-refractivity contribution in [2.24, 2.45) is 0 Å². The molecule has 0 saturated carbocycles. The molecule has 0 saturated heterocycles. The van der Waals surface area contributed by atoms with E-state index in [1.165, 1.54) is 11.3 Å². The van der Waals surface area contributed by atoms with Gasteiger partial charge in [0, 0.05) is 0 Å². The Morgan fingerprint density at radius 3 is 1.78 bits per heavy atom. The van der Waals surface area contributed by atoms with Gasteiger partial charge < -0.3 is 0 Å². The Hall–Kier alpha value is -0.105. The highest BCUT2D eigenvalue weighted by atomic mass is 32.1. The molecule has 0 aliphatic heterocycles. The molecule has 0 spiro atoms. The van der Waals surface area contributed by atoms with Gasteiger partial charge >= 0.3 is 0 Å². The Labute approximate surface area is 62.9 Å². The molecule has 0 atom stereocenters. The lowest BCUT2D eigenvalue weighted by Crippen LogP contribution is -2.22. The normalized spacial score (nSPS) is 9.89. The van der Waals surface area contributed by atoms with Gasteiger partial charge in [-0.15, -0.1) is 0 Å². The summed E-state index contributed by atoms with van der Waals surface area (Å²) in [6.45, 7) is 1.86. The number of rotatable bonds is 0. The van der Waals surface area contributed by atoms with Crippen LogP contribution < -0.4 is 15.0 Å². The molecule has 0 unspecified atom stereocenters. The van der Waals surface area contributed by atoms with Gasteiger partial charge in [0.2, 0.25) is 0 Å². The predicted octanol–water partition coefficient (Wildman–Crippen LogP) is -1.56. The van der Waals surface area contributed by atoms with Gasteiger partial charge in [-0.25, -0.2) is 0 Å². The van der Waals surface area contributed by atoms with Gasteiger partial charge in [0.05, 0.1) is 0 Å². The summed E-state index contributed by atoms with van der Waals surface area (Å²) in [6.07, 6.45) is 0. The van der Waals surface area contributed by atoms with Crippen LogP contribution in [0.2, 0.25) is 0 Å². The molecule has 1 rings (SSSR count). The van der Waals surface area contributed by atoms with Crippen LogP contribution in [0, 0.1) is 6.92 Å². The number of hydrogen-bond acceptors (Lipinski definition) is 1. The molecule has 4 heteroatoms. The third kappa shape index (κ3) is 1.09. The van der Waals surface area contributed by atoms with Crippen molar-refractivity contribution in [1.82, 2.24) is 0 Å². The topological polar surface area (TPSA) is 0 Å². The lowest BCUT2D eigenvalue weighted by atomic mass is 9.83. The van der Waals surface area contributed by atoms with Crippen molar-refractivity contribution in [3.8, 4) is 0 Å². The largest absolute Gasteiger partial charge is 0.169 e. The van der Waals surface area contributed by atoms with E-state index in [4.69, 9.17) is 23.5 Å². The van der Waals surface area contributed by atoms with Crippen molar-refractivity contribution in [2.45, 2.75) is 6.92 Å². The van der Waals surface area contributed by atoms with E-state index >= 15 is 0 Å². The van der Waals surface area contributed by atoms with Crippen LogP contribution >= 0.6 is 11.3 Å². The van der Waals surface area contributed by atoms with Crippen molar-refractivity contribution in [3.05, 3.63) is 5.56 Å². The van der Waals surface area contributed by atoms with E-state index in [1.54, 1.807) is 0 Å². The third-order valence-electron chi connectivity index (χ3n) is 1.26. The summed E-state index contributed by atoms with van der Waals surface area (Å²) >= 11 is 1.33. The molecule has 0 aromatic carbocycles. The van der Waals surface area contributed by atoms with Crippen molar-refractivity contribution < 1.29 is 0 Å². The van der Waals surface area contributed by atoms with Gasteiger partial charge in [-0.1, -0.05) is 15.8 Å².